The van der Waals surface area contributed by atoms with Crippen molar-refractivity contribution in [3.05, 3.63) is 10.4 Å². The molecular formula is C16H28N4O5. The number of nitrogens with zero attached hydrogens (tertiary/aromatic N) is 3. The van der Waals surface area contributed by atoms with E-state index < -0.39 is 0 Å². The number of rotatable bonds is 14. The number of carbonyl (C=O) groups is 2. The molecule has 1 rings (SSSR count). The molecule has 1 fully saturated rings. The molecule has 1 saturated carbocycles. The summed E-state index contributed by atoms with van der Waals surface area (Å²) in [5, 5.41) is 6.16. The van der Waals surface area contributed by atoms with Gasteiger partial charge in [-0.05, 0) is 24.3 Å². The van der Waals surface area contributed by atoms with E-state index in [1.807, 2.05) is 0 Å². The van der Waals surface area contributed by atoms with Crippen LogP contribution in [0.4, 0.5) is 0 Å². The second kappa shape index (κ2) is 14.7. The first kappa shape index (κ1) is 21.4. The molecule has 9 nitrogen and oxygen atoms in total. The Morgan fingerprint density at radius 1 is 1.16 bits per heavy atom. The van der Waals surface area contributed by atoms with Crippen LogP contribution in [0.1, 0.15) is 32.1 Å². The summed E-state index contributed by atoms with van der Waals surface area (Å²) in [4.78, 5) is 25.7. The number of ketones is 1. The Labute approximate surface area is 148 Å². The molecule has 1 atom stereocenters. The lowest BCUT2D eigenvalue weighted by molar-refractivity contribution is -0.124. The minimum Gasteiger partial charge on any atom is -0.379 e. The third-order valence-corrected chi connectivity index (χ3v) is 3.77. The van der Waals surface area contributed by atoms with Crippen LogP contribution in [0.15, 0.2) is 5.11 Å². The van der Waals surface area contributed by atoms with Gasteiger partial charge in [0.15, 0.2) is 0 Å². The minimum absolute atomic E-state index is 0.0163. The zero-order chi connectivity index (χ0) is 18.2. The number of hydrogen-bond donors (Lipinski definition) is 1. The van der Waals surface area contributed by atoms with Crippen LogP contribution in [0, 0.1) is 5.92 Å². The first-order valence-electron chi connectivity index (χ1n) is 8.75. The fourth-order valence-corrected chi connectivity index (χ4v) is 2.58. The van der Waals surface area contributed by atoms with E-state index in [0.717, 1.165) is 12.8 Å². The molecule has 1 N–H and O–H groups in total. The third kappa shape index (κ3) is 12.4. The SMILES string of the molecule is [N-]=[N+]=NCCOCCOCCOCCNC(=O)CC1CCCC(=O)C1. The van der Waals surface area contributed by atoms with Gasteiger partial charge in [-0.25, -0.2) is 0 Å². The zero-order valence-electron chi connectivity index (χ0n) is 14.7. The number of azide groups is 1. The summed E-state index contributed by atoms with van der Waals surface area (Å²) >= 11 is 0. The molecule has 0 saturated heterocycles. The quantitative estimate of drug-likeness (QED) is 0.219. The zero-order valence-corrected chi connectivity index (χ0v) is 14.7. The summed E-state index contributed by atoms with van der Waals surface area (Å²) in [5.74, 6) is 0.454. The second-order valence-electron chi connectivity index (χ2n) is 5.85. The average Bonchev–Trinajstić information content (AvgIpc) is 2.59. The highest BCUT2D eigenvalue weighted by atomic mass is 16.5. The highest BCUT2D eigenvalue weighted by Crippen LogP contribution is 2.23. The number of ether oxygens (including phenoxy) is 3. The van der Waals surface area contributed by atoms with Crippen molar-refractivity contribution in [1.82, 2.24) is 5.32 Å². The number of hydrogen-bond acceptors (Lipinski definition) is 6. The van der Waals surface area contributed by atoms with Gasteiger partial charge in [0.2, 0.25) is 5.91 Å². The fraction of sp³-hybridized carbons (Fsp3) is 0.875. The highest BCUT2D eigenvalue weighted by Gasteiger charge is 2.21. The third-order valence-electron chi connectivity index (χ3n) is 3.77. The normalized spacial score (nSPS) is 17.1. The number of Topliss-reactive ketones (excluding diaryl/α,β-unsaturated/α-hetero) is 1. The van der Waals surface area contributed by atoms with Crippen LogP contribution in [0.5, 0.6) is 0 Å². The topological polar surface area (TPSA) is 123 Å². The largest absolute Gasteiger partial charge is 0.379 e. The van der Waals surface area contributed by atoms with Crippen LogP contribution in [0.25, 0.3) is 10.4 Å². The van der Waals surface area contributed by atoms with Crippen molar-refractivity contribution in [3.63, 3.8) is 0 Å². The molecule has 0 aromatic carbocycles. The maximum absolute atomic E-state index is 11.8. The Bertz CT molecular complexity index is 440. The molecule has 0 spiro atoms. The van der Waals surface area contributed by atoms with E-state index in [0.29, 0.717) is 72.0 Å². The molecule has 0 aromatic rings. The van der Waals surface area contributed by atoms with E-state index in [9.17, 15) is 9.59 Å². The van der Waals surface area contributed by atoms with Crippen LogP contribution in [-0.4, -0.2) is 64.4 Å². The van der Waals surface area contributed by atoms with Crippen molar-refractivity contribution in [2.24, 2.45) is 11.0 Å². The molecule has 0 bridgehead atoms. The van der Waals surface area contributed by atoms with E-state index in [1.165, 1.54) is 0 Å². The molecule has 9 heteroatoms. The number of carbonyl (C=O) groups excluding carboxylic acids is 2. The Hall–Kier alpha value is -1.67. The molecule has 1 unspecified atom stereocenters. The van der Waals surface area contributed by atoms with Crippen LogP contribution in [0.2, 0.25) is 0 Å². The molecule has 0 radical (unpaired) electrons. The van der Waals surface area contributed by atoms with Crippen molar-refractivity contribution in [2.75, 3.05) is 52.7 Å². The second-order valence-corrected chi connectivity index (χ2v) is 5.85. The van der Waals surface area contributed by atoms with Crippen molar-refractivity contribution < 1.29 is 23.8 Å². The van der Waals surface area contributed by atoms with Crippen LogP contribution < -0.4 is 5.32 Å². The van der Waals surface area contributed by atoms with Gasteiger partial charge in [-0.3, -0.25) is 9.59 Å². The van der Waals surface area contributed by atoms with Gasteiger partial charge in [0.1, 0.15) is 5.78 Å². The van der Waals surface area contributed by atoms with Gasteiger partial charge in [0.25, 0.3) is 0 Å². The summed E-state index contributed by atoms with van der Waals surface area (Å²) in [5.41, 5.74) is 8.07. The number of amides is 1. The summed E-state index contributed by atoms with van der Waals surface area (Å²) in [6.07, 6.45) is 3.49. The van der Waals surface area contributed by atoms with Crippen LogP contribution in [0.3, 0.4) is 0 Å². The van der Waals surface area contributed by atoms with E-state index in [4.69, 9.17) is 19.7 Å². The lowest BCUT2D eigenvalue weighted by Gasteiger charge is -2.20. The van der Waals surface area contributed by atoms with Gasteiger partial charge in [-0.1, -0.05) is 5.11 Å². The lowest BCUT2D eigenvalue weighted by Crippen LogP contribution is -2.30. The van der Waals surface area contributed by atoms with Crippen molar-refractivity contribution >= 4 is 11.7 Å². The molecule has 1 aliphatic rings. The molecule has 1 amide bonds. The standard InChI is InChI=1S/C16H28N4O5/c17-20-19-5-7-24-9-11-25-10-8-23-6-4-18-16(22)13-14-2-1-3-15(21)12-14/h14H,1-13H2,(H,18,22). The molecule has 0 aliphatic heterocycles. The maximum Gasteiger partial charge on any atom is 0.220 e. The van der Waals surface area contributed by atoms with Gasteiger partial charge in [0.05, 0.1) is 39.6 Å². The minimum atomic E-state index is -0.0163. The van der Waals surface area contributed by atoms with E-state index in [2.05, 4.69) is 15.3 Å². The van der Waals surface area contributed by atoms with Gasteiger partial charge >= 0.3 is 0 Å². The Morgan fingerprint density at radius 2 is 1.84 bits per heavy atom. The molecule has 1 aliphatic carbocycles. The average molecular weight is 356 g/mol. The summed E-state index contributed by atoms with van der Waals surface area (Å²) in [6, 6.07) is 0. The molecule has 25 heavy (non-hydrogen) atoms. The monoisotopic (exact) mass is 356 g/mol. The highest BCUT2D eigenvalue weighted by molar-refractivity contribution is 5.81. The smallest absolute Gasteiger partial charge is 0.220 e. The van der Waals surface area contributed by atoms with Crippen molar-refractivity contribution in [3.8, 4) is 0 Å². The van der Waals surface area contributed by atoms with Crippen LogP contribution in [-0.2, 0) is 23.8 Å². The Morgan fingerprint density at radius 3 is 2.52 bits per heavy atom. The fourth-order valence-electron chi connectivity index (χ4n) is 2.58. The van der Waals surface area contributed by atoms with Crippen molar-refractivity contribution in [1.29, 1.82) is 0 Å². The maximum atomic E-state index is 11.8. The predicted octanol–water partition coefficient (Wildman–Crippen LogP) is 1.61. The summed E-state index contributed by atoms with van der Waals surface area (Å²) in [7, 11) is 0. The first-order chi connectivity index (χ1) is 12.2. The van der Waals surface area contributed by atoms with E-state index in [-0.39, 0.29) is 17.6 Å². The van der Waals surface area contributed by atoms with Crippen LogP contribution >= 0.6 is 0 Å². The molecule has 0 heterocycles. The first-order valence-corrected chi connectivity index (χ1v) is 8.75. The molecule has 142 valence electrons. The number of nitrogens with one attached hydrogen (secondary N) is 1. The van der Waals surface area contributed by atoms with Gasteiger partial charge in [0, 0.05) is 37.3 Å². The lowest BCUT2D eigenvalue weighted by atomic mass is 9.86. The van der Waals surface area contributed by atoms with Crippen molar-refractivity contribution in [2.45, 2.75) is 32.1 Å². The molecular weight excluding hydrogens is 328 g/mol. The van der Waals surface area contributed by atoms with E-state index in [1.54, 1.807) is 0 Å². The Kier molecular flexibility index (Phi) is 12.5. The predicted molar refractivity (Wildman–Crippen MR) is 91.1 cm³/mol. The van der Waals surface area contributed by atoms with Gasteiger partial charge < -0.3 is 19.5 Å². The van der Waals surface area contributed by atoms with Gasteiger partial charge in [-0.2, -0.15) is 0 Å². The van der Waals surface area contributed by atoms with E-state index >= 15 is 0 Å². The summed E-state index contributed by atoms with van der Waals surface area (Å²) in [6.45, 7) is 3.41. The molecule has 0 aromatic heterocycles. The Balaban J connectivity index is 1.82. The van der Waals surface area contributed by atoms with Gasteiger partial charge in [-0.15, -0.1) is 0 Å². The summed E-state index contributed by atoms with van der Waals surface area (Å²) < 4.78 is 15.8.